The van der Waals surface area contributed by atoms with Gasteiger partial charge in [-0.15, -0.1) is 0 Å². The number of esters is 1. The first kappa shape index (κ1) is 29.2. The summed E-state index contributed by atoms with van der Waals surface area (Å²) in [6.45, 7) is 7.31. The fourth-order valence-corrected chi connectivity index (χ4v) is 9.07. The van der Waals surface area contributed by atoms with Gasteiger partial charge < -0.3 is 23.7 Å². The van der Waals surface area contributed by atoms with E-state index in [2.05, 4.69) is 26.8 Å². The van der Waals surface area contributed by atoms with Gasteiger partial charge in [-0.2, -0.15) is 5.26 Å². The molecule has 0 heterocycles. The third-order valence-electron chi connectivity index (χ3n) is 10.9. The van der Waals surface area contributed by atoms with Crippen LogP contribution in [0.4, 0.5) is 0 Å². The predicted molar refractivity (Wildman–Crippen MR) is 139 cm³/mol. The Balaban J connectivity index is 1.74. The van der Waals surface area contributed by atoms with Gasteiger partial charge in [0, 0.05) is 32.5 Å². The lowest BCUT2D eigenvalue weighted by Gasteiger charge is -2.63. The Morgan fingerprint density at radius 2 is 1.82 bits per heavy atom. The summed E-state index contributed by atoms with van der Waals surface area (Å²) in [6, 6.07) is 2.17. The van der Waals surface area contributed by atoms with Crippen LogP contribution in [0.5, 0.6) is 0 Å². The number of allylic oxidation sites excluding steroid dienone is 2. The fourth-order valence-electron chi connectivity index (χ4n) is 9.07. The largest absolute Gasteiger partial charge is 0.469 e. The van der Waals surface area contributed by atoms with E-state index in [0.29, 0.717) is 36.2 Å². The van der Waals surface area contributed by atoms with Gasteiger partial charge in [-0.3, -0.25) is 9.59 Å². The Hall–Kier alpha value is -1.79. The normalized spacial score (nSPS) is 40.8. The Bertz CT molecular complexity index is 959. The minimum atomic E-state index is -0.291. The molecule has 0 bridgehead atoms. The van der Waals surface area contributed by atoms with E-state index in [0.717, 1.165) is 32.1 Å². The van der Waals surface area contributed by atoms with Gasteiger partial charge in [0.1, 0.15) is 19.7 Å². The van der Waals surface area contributed by atoms with Crippen molar-refractivity contribution < 1.29 is 33.3 Å². The molecule has 4 aliphatic carbocycles. The van der Waals surface area contributed by atoms with Gasteiger partial charge in [0.05, 0.1) is 24.9 Å². The summed E-state index contributed by atoms with van der Waals surface area (Å²) in [5, 5.41) is 9.74. The van der Waals surface area contributed by atoms with Crippen molar-refractivity contribution in [1.82, 2.24) is 0 Å². The van der Waals surface area contributed by atoms with E-state index in [-0.39, 0.29) is 66.1 Å². The average Bonchev–Trinajstić information content (AvgIpc) is 3.27. The van der Waals surface area contributed by atoms with Crippen molar-refractivity contribution in [2.75, 3.05) is 34.9 Å². The number of ether oxygens (including phenoxy) is 5. The van der Waals surface area contributed by atoms with E-state index >= 15 is 0 Å². The SMILES string of the molecule is COCO[C@H]1C[C@H]2[C@@H]([C@H](OCOC)C[C@@H]3CC(=O)C(C#N)=C[C@@]32C)[C@@H]2CCC([C@H](C)CCC(=O)OC)[C@@]12C. The molecule has 8 heteroatoms. The number of Topliss-reactive ketones (excluding diaryl/α,β-unsaturated/α-hetero) is 1. The summed E-state index contributed by atoms with van der Waals surface area (Å²) in [7, 11) is 4.74. The van der Waals surface area contributed by atoms with Gasteiger partial charge in [-0.25, -0.2) is 0 Å². The van der Waals surface area contributed by atoms with E-state index in [1.165, 1.54) is 7.11 Å². The molecular weight excluding hydrogens is 486 g/mol. The third-order valence-corrected chi connectivity index (χ3v) is 10.9. The van der Waals surface area contributed by atoms with Gasteiger partial charge >= 0.3 is 5.97 Å². The molecule has 3 fully saturated rings. The van der Waals surface area contributed by atoms with Crippen LogP contribution in [0.25, 0.3) is 0 Å². The number of fused-ring (bicyclic) bond motifs is 5. The topological polar surface area (TPSA) is 104 Å². The first-order chi connectivity index (χ1) is 18.1. The number of rotatable bonds is 10. The summed E-state index contributed by atoms with van der Waals surface area (Å²) in [5.74, 6) is 1.38. The highest BCUT2D eigenvalue weighted by molar-refractivity contribution is 6.00. The molecule has 8 nitrogen and oxygen atoms in total. The summed E-state index contributed by atoms with van der Waals surface area (Å²) in [4.78, 5) is 24.7. The van der Waals surface area contributed by atoms with Crippen molar-refractivity contribution in [2.24, 2.45) is 46.3 Å². The van der Waals surface area contributed by atoms with Gasteiger partial charge in [0.25, 0.3) is 0 Å². The predicted octanol–water partition coefficient (Wildman–Crippen LogP) is 4.67. The lowest BCUT2D eigenvalue weighted by molar-refractivity contribution is -0.233. The molecule has 0 N–H and O–H groups in total. The zero-order valence-corrected chi connectivity index (χ0v) is 23.9. The molecule has 0 aromatic carbocycles. The molecular formula is C30H45NO7. The Morgan fingerprint density at radius 3 is 2.47 bits per heavy atom. The van der Waals surface area contributed by atoms with E-state index in [4.69, 9.17) is 23.7 Å². The van der Waals surface area contributed by atoms with Crippen molar-refractivity contribution in [1.29, 1.82) is 5.26 Å². The van der Waals surface area contributed by atoms with E-state index in [9.17, 15) is 14.9 Å². The number of carbonyl (C=O) groups is 2. The number of hydrogen-bond acceptors (Lipinski definition) is 8. The van der Waals surface area contributed by atoms with E-state index < -0.39 is 0 Å². The lowest BCUT2D eigenvalue weighted by Crippen LogP contribution is -2.62. The van der Waals surface area contributed by atoms with Crippen LogP contribution in [0, 0.1) is 57.7 Å². The number of hydrogen-bond donors (Lipinski definition) is 0. The molecule has 10 atom stereocenters. The number of ketones is 1. The lowest BCUT2D eigenvalue weighted by atomic mass is 9.43. The summed E-state index contributed by atoms with van der Waals surface area (Å²) < 4.78 is 28.6. The molecule has 3 saturated carbocycles. The molecule has 0 aliphatic heterocycles. The average molecular weight is 532 g/mol. The van der Waals surface area contributed by atoms with Crippen LogP contribution in [-0.4, -0.2) is 58.9 Å². The molecule has 1 unspecified atom stereocenters. The van der Waals surface area contributed by atoms with Crippen molar-refractivity contribution in [3.8, 4) is 6.07 Å². The minimum absolute atomic E-state index is 0.0281. The first-order valence-electron chi connectivity index (χ1n) is 14.1. The fraction of sp³-hybridized carbons (Fsp3) is 0.833. The first-order valence-corrected chi connectivity index (χ1v) is 14.1. The van der Waals surface area contributed by atoms with Crippen molar-refractivity contribution >= 4 is 11.8 Å². The van der Waals surface area contributed by atoms with Crippen LogP contribution in [0.3, 0.4) is 0 Å². The molecule has 0 spiro atoms. The van der Waals surface area contributed by atoms with Crippen LogP contribution < -0.4 is 0 Å². The van der Waals surface area contributed by atoms with Crippen LogP contribution in [0.15, 0.2) is 11.6 Å². The van der Waals surface area contributed by atoms with Crippen LogP contribution in [0.2, 0.25) is 0 Å². The molecule has 0 saturated heterocycles. The number of nitrogens with zero attached hydrogens (tertiary/aromatic N) is 1. The zero-order valence-electron chi connectivity index (χ0n) is 23.9. The van der Waals surface area contributed by atoms with Crippen LogP contribution >= 0.6 is 0 Å². The second kappa shape index (κ2) is 11.8. The van der Waals surface area contributed by atoms with E-state index in [1.54, 1.807) is 14.2 Å². The maximum atomic E-state index is 12.8. The second-order valence-electron chi connectivity index (χ2n) is 12.4. The maximum Gasteiger partial charge on any atom is 0.305 e. The van der Waals surface area contributed by atoms with Crippen molar-refractivity contribution in [3.05, 3.63) is 11.6 Å². The van der Waals surface area contributed by atoms with Crippen molar-refractivity contribution in [3.63, 3.8) is 0 Å². The number of methoxy groups -OCH3 is 3. The quantitative estimate of drug-likeness (QED) is 0.296. The Kier molecular flexibility index (Phi) is 9.03. The smallest absolute Gasteiger partial charge is 0.305 e. The number of carbonyl (C=O) groups excluding carboxylic acids is 2. The van der Waals surface area contributed by atoms with Gasteiger partial charge in [-0.1, -0.05) is 26.8 Å². The molecule has 38 heavy (non-hydrogen) atoms. The summed E-state index contributed by atoms with van der Waals surface area (Å²) in [6.07, 6.45) is 7.19. The summed E-state index contributed by atoms with van der Waals surface area (Å²) in [5.41, 5.74) is -0.122. The maximum absolute atomic E-state index is 12.8. The van der Waals surface area contributed by atoms with Gasteiger partial charge in [0.2, 0.25) is 0 Å². The van der Waals surface area contributed by atoms with E-state index in [1.807, 2.05) is 6.08 Å². The molecule has 4 aliphatic rings. The van der Waals surface area contributed by atoms with Crippen LogP contribution in [-0.2, 0) is 33.3 Å². The molecule has 0 radical (unpaired) electrons. The highest BCUT2D eigenvalue weighted by Crippen LogP contribution is 2.68. The Morgan fingerprint density at radius 1 is 1.11 bits per heavy atom. The molecule has 0 aromatic rings. The van der Waals surface area contributed by atoms with Gasteiger partial charge in [0.15, 0.2) is 5.78 Å². The minimum Gasteiger partial charge on any atom is -0.469 e. The highest BCUT2D eigenvalue weighted by Gasteiger charge is 2.66. The summed E-state index contributed by atoms with van der Waals surface area (Å²) >= 11 is 0. The van der Waals surface area contributed by atoms with Crippen molar-refractivity contribution in [2.45, 2.75) is 77.9 Å². The molecule has 212 valence electrons. The third kappa shape index (κ3) is 4.96. The van der Waals surface area contributed by atoms with Gasteiger partial charge in [-0.05, 0) is 73.0 Å². The molecule has 0 aromatic heterocycles. The standard InChI is InChI=1S/C30H45NO7/c1-18(7-10-27(33)36-6)21-8-9-22-28-23(13-26(30(21,22)3)38-17-35-5)29(2)14-19(15-31)24(32)11-20(29)12-25(28)37-16-34-4/h14,18,20-23,25-26,28H,7-13,16-17H2,1-6H3/t18-,20+,21?,22+,23+,25-,26+,28+,29+,30-/m1/s1. The highest BCUT2D eigenvalue weighted by atomic mass is 16.7. The molecule has 4 rings (SSSR count). The Labute approximate surface area is 227 Å². The van der Waals surface area contributed by atoms with Crippen LogP contribution in [0.1, 0.15) is 65.7 Å². The number of nitriles is 1. The second-order valence-corrected chi connectivity index (χ2v) is 12.4. The monoisotopic (exact) mass is 531 g/mol. The molecule has 0 amide bonds. The zero-order chi connectivity index (χ0) is 27.7.